The Morgan fingerprint density at radius 1 is 0.963 bits per heavy atom. The van der Waals surface area contributed by atoms with Crippen LogP contribution < -0.4 is 10.9 Å². The summed E-state index contributed by atoms with van der Waals surface area (Å²) in [5, 5.41) is 10.9. The highest BCUT2D eigenvalue weighted by molar-refractivity contribution is 5.32. The molecule has 0 radical (unpaired) electrons. The molecule has 2 aromatic carbocycles. The molecule has 1 aromatic heterocycles. The molecule has 3 aromatic rings. The molecule has 1 saturated heterocycles. The summed E-state index contributed by atoms with van der Waals surface area (Å²) in [5.41, 5.74) is 3.15. The molecule has 0 bridgehead atoms. The van der Waals surface area contributed by atoms with Gasteiger partial charge in [-0.2, -0.15) is 5.10 Å². The lowest BCUT2D eigenvalue weighted by Gasteiger charge is -2.22. The fourth-order valence-corrected chi connectivity index (χ4v) is 3.93. The molecule has 1 fully saturated rings. The van der Waals surface area contributed by atoms with E-state index in [1.165, 1.54) is 11.1 Å². The molecule has 2 N–H and O–H groups in total. The quantitative estimate of drug-likeness (QED) is 0.707. The van der Waals surface area contributed by atoms with Crippen molar-refractivity contribution in [1.82, 2.24) is 20.3 Å². The van der Waals surface area contributed by atoms with Gasteiger partial charge < -0.3 is 5.32 Å². The van der Waals surface area contributed by atoms with Crippen LogP contribution >= 0.6 is 0 Å². The van der Waals surface area contributed by atoms with Crippen LogP contribution in [0, 0.1) is 0 Å². The van der Waals surface area contributed by atoms with E-state index in [9.17, 15) is 4.79 Å². The van der Waals surface area contributed by atoms with Crippen LogP contribution in [-0.2, 0) is 6.42 Å². The summed E-state index contributed by atoms with van der Waals surface area (Å²) in [4.78, 5) is 14.2. The van der Waals surface area contributed by atoms with Gasteiger partial charge in [0, 0.05) is 5.92 Å². The minimum atomic E-state index is -0.0478. The summed E-state index contributed by atoms with van der Waals surface area (Å²) >= 11 is 0. The molecule has 0 aliphatic carbocycles. The van der Waals surface area contributed by atoms with Gasteiger partial charge in [0.15, 0.2) is 0 Å². The topological polar surface area (TPSA) is 62.7 Å². The smallest absolute Gasteiger partial charge is 0.287 e. The van der Waals surface area contributed by atoms with Crippen molar-refractivity contribution in [3.63, 3.8) is 0 Å². The van der Waals surface area contributed by atoms with Crippen molar-refractivity contribution in [1.29, 1.82) is 0 Å². The van der Waals surface area contributed by atoms with Crippen LogP contribution in [0.25, 0.3) is 0 Å². The summed E-state index contributed by atoms with van der Waals surface area (Å²) in [6.45, 7) is 1.96. The number of rotatable bonds is 6. The maximum atomic E-state index is 12.4. The largest absolute Gasteiger partial charge is 0.317 e. The molecule has 2 heterocycles. The van der Waals surface area contributed by atoms with E-state index in [1.807, 2.05) is 12.1 Å². The molecule has 140 valence electrons. The standard InChI is InChI=1S/C22H26N4O/c27-22-21(24-26(25-22)19-13-15-23-16-14-19)12-11-20(17-7-3-1-4-8-17)18-9-5-2-6-10-18/h1-10,19-20,23H,11-16H2,(H,25,27). The Hall–Kier alpha value is -2.66. The molecular weight excluding hydrogens is 336 g/mol. The monoisotopic (exact) mass is 362 g/mol. The number of benzene rings is 2. The number of aromatic amines is 1. The Labute approximate surface area is 159 Å². The average molecular weight is 362 g/mol. The Bertz CT molecular complexity index is 855. The lowest BCUT2D eigenvalue weighted by molar-refractivity contribution is 0.311. The van der Waals surface area contributed by atoms with E-state index in [4.69, 9.17) is 0 Å². The molecular formula is C22H26N4O. The summed E-state index contributed by atoms with van der Waals surface area (Å²) < 4.78 is 0. The second-order valence-electron chi connectivity index (χ2n) is 7.23. The predicted octanol–water partition coefficient (Wildman–Crippen LogP) is 3.26. The molecule has 1 aliphatic rings. The second-order valence-corrected chi connectivity index (χ2v) is 7.23. The molecule has 0 amide bonds. The van der Waals surface area contributed by atoms with Gasteiger partial charge in [-0.15, -0.1) is 0 Å². The molecule has 5 heteroatoms. The van der Waals surface area contributed by atoms with Gasteiger partial charge in [-0.05, 0) is 49.9 Å². The summed E-state index contributed by atoms with van der Waals surface area (Å²) in [6, 6.07) is 21.3. The fourth-order valence-electron chi connectivity index (χ4n) is 3.93. The van der Waals surface area contributed by atoms with Gasteiger partial charge >= 0.3 is 0 Å². The SMILES string of the molecule is O=c1[nH]n(C2CCNCC2)nc1CCC(c1ccccc1)c1ccccc1. The van der Waals surface area contributed by atoms with Crippen molar-refractivity contribution < 1.29 is 0 Å². The van der Waals surface area contributed by atoms with E-state index in [0.29, 0.717) is 18.2 Å². The van der Waals surface area contributed by atoms with Crippen molar-refractivity contribution in [2.45, 2.75) is 37.6 Å². The lowest BCUT2D eigenvalue weighted by atomic mass is 9.87. The maximum Gasteiger partial charge on any atom is 0.287 e. The molecule has 1 aliphatic heterocycles. The zero-order valence-electron chi connectivity index (χ0n) is 15.5. The maximum absolute atomic E-state index is 12.4. The van der Waals surface area contributed by atoms with Crippen LogP contribution in [-0.4, -0.2) is 28.1 Å². The van der Waals surface area contributed by atoms with Crippen molar-refractivity contribution in [3.8, 4) is 0 Å². The van der Waals surface area contributed by atoms with Crippen molar-refractivity contribution in [2.75, 3.05) is 13.1 Å². The Morgan fingerprint density at radius 2 is 1.56 bits per heavy atom. The predicted molar refractivity (Wildman–Crippen MR) is 107 cm³/mol. The van der Waals surface area contributed by atoms with E-state index in [0.717, 1.165) is 32.4 Å². The number of nitrogens with one attached hydrogen (secondary N) is 2. The number of piperidine rings is 1. The molecule has 27 heavy (non-hydrogen) atoms. The number of nitrogens with zero attached hydrogens (tertiary/aromatic N) is 2. The van der Waals surface area contributed by atoms with Gasteiger partial charge in [0.05, 0.1) is 6.04 Å². The van der Waals surface area contributed by atoms with Crippen LogP contribution in [0.3, 0.4) is 0 Å². The van der Waals surface area contributed by atoms with Gasteiger partial charge in [-0.1, -0.05) is 60.7 Å². The third-order valence-electron chi connectivity index (χ3n) is 5.43. The molecule has 0 unspecified atom stereocenters. The number of aryl methyl sites for hydroxylation is 1. The number of hydrogen-bond acceptors (Lipinski definition) is 3. The Morgan fingerprint density at radius 3 is 2.15 bits per heavy atom. The van der Waals surface area contributed by atoms with Crippen LogP contribution in [0.15, 0.2) is 65.5 Å². The van der Waals surface area contributed by atoms with Gasteiger partial charge in [0.2, 0.25) is 0 Å². The van der Waals surface area contributed by atoms with Crippen LogP contribution in [0.5, 0.6) is 0 Å². The minimum Gasteiger partial charge on any atom is -0.317 e. The van der Waals surface area contributed by atoms with Crippen LogP contribution in [0.4, 0.5) is 0 Å². The number of H-pyrrole nitrogens is 1. The average Bonchev–Trinajstić information content (AvgIpc) is 3.11. The molecule has 0 saturated carbocycles. The van der Waals surface area contributed by atoms with E-state index >= 15 is 0 Å². The first-order chi connectivity index (χ1) is 13.3. The van der Waals surface area contributed by atoms with Crippen molar-refractivity contribution in [3.05, 3.63) is 87.8 Å². The number of hydrogen-bond donors (Lipinski definition) is 2. The highest BCUT2D eigenvalue weighted by atomic mass is 16.1. The van der Waals surface area contributed by atoms with Crippen LogP contribution in [0.1, 0.15) is 48.0 Å². The molecule has 5 nitrogen and oxygen atoms in total. The summed E-state index contributed by atoms with van der Waals surface area (Å²) in [6.07, 6.45) is 3.55. The third kappa shape index (κ3) is 4.19. The van der Waals surface area contributed by atoms with Gasteiger partial charge in [-0.25, -0.2) is 9.90 Å². The molecule has 4 rings (SSSR count). The lowest BCUT2D eigenvalue weighted by Crippen LogP contribution is -2.30. The fraction of sp³-hybridized carbons (Fsp3) is 0.364. The Kier molecular flexibility index (Phi) is 5.49. The van der Waals surface area contributed by atoms with Gasteiger partial charge in [-0.3, -0.25) is 4.79 Å². The van der Waals surface area contributed by atoms with E-state index < -0.39 is 0 Å². The highest BCUT2D eigenvalue weighted by Crippen LogP contribution is 2.28. The third-order valence-corrected chi connectivity index (χ3v) is 5.43. The van der Waals surface area contributed by atoms with E-state index in [1.54, 1.807) is 4.80 Å². The second kappa shape index (κ2) is 8.35. The van der Waals surface area contributed by atoms with Crippen molar-refractivity contribution >= 4 is 0 Å². The molecule has 0 atom stereocenters. The first-order valence-corrected chi connectivity index (χ1v) is 9.79. The van der Waals surface area contributed by atoms with Gasteiger partial charge in [0.1, 0.15) is 5.69 Å². The zero-order valence-corrected chi connectivity index (χ0v) is 15.5. The van der Waals surface area contributed by atoms with Gasteiger partial charge in [0.25, 0.3) is 5.56 Å². The van der Waals surface area contributed by atoms with E-state index in [2.05, 4.69) is 64.0 Å². The number of aromatic nitrogens is 3. The Balaban J connectivity index is 1.53. The first-order valence-electron chi connectivity index (χ1n) is 9.79. The minimum absolute atomic E-state index is 0.0478. The summed E-state index contributed by atoms with van der Waals surface area (Å²) in [5.74, 6) is 0.260. The van der Waals surface area contributed by atoms with Crippen molar-refractivity contribution in [2.24, 2.45) is 0 Å². The first kappa shape index (κ1) is 17.7. The normalized spacial score (nSPS) is 15.3. The van der Waals surface area contributed by atoms with E-state index in [-0.39, 0.29) is 11.5 Å². The highest BCUT2D eigenvalue weighted by Gasteiger charge is 2.20. The zero-order chi connectivity index (χ0) is 18.5. The van der Waals surface area contributed by atoms with Crippen LogP contribution in [0.2, 0.25) is 0 Å². The summed E-state index contributed by atoms with van der Waals surface area (Å²) in [7, 11) is 0. The molecule has 0 spiro atoms.